The Balaban J connectivity index is 1.76. The first-order valence-electron chi connectivity index (χ1n) is 9.50. The molecule has 0 aliphatic carbocycles. The highest BCUT2D eigenvalue weighted by molar-refractivity contribution is 9.10. The van der Waals surface area contributed by atoms with E-state index in [2.05, 4.69) is 15.9 Å². The molecule has 30 heavy (non-hydrogen) atoms. The first-order valence-corrected chi connectivity index (χ1v) is 10.7. The predicted molar refractivity (Wildman–Crippen MR) is 121 cm³/mol. The quantitative estimate of drug-likeness (QED) is 0.496. The van der Waals surface area contributed by atoms with Crippen molar-refractivity contribution < 1.29 is 14.7 Å². The van der Waals surface area contributed by atoms with Crippen LogP contribution >= 0.6 is 27.5 Å². The molecule has 4 nitrogen and oxygen atoms in total. The maximum atomic E-state index is 13.5. The number of aliphatic hydroxyl groups is 1. The van der Waals surface area contributed by atoms with E-state index in [1.54, 1.807) is 48.2 Å². The number of amides is 1. The second kappa shape index (κ2) is 7.99. The van der Waals surface area contributed by atoms with Gasteiger partial charge in [-0.3, -0.25) is 9.59 Å². The van der Waals surface area contributed by atoms with Crippen LogP contribution < -0.4 is 4.90 Å². The zero-order valence-electron chi connectivity index (χ0n) is 16.2. The number of nitrogens with zero attached hydrogens (tertiary/aromatic N) is 1. The summed E-state index contributed by atoms with van der Waals surface area (Å²) in [6.07, 6.45) is 0. The molecular weight excluding hydrogens is 466 g/mol. The number of hydrogen-bond donors (Lipinski definition) is 1. The van der Waals surface area contributed by atoms with E-state index in [0.717, 1.165) is 10.0 Å². The van der Waals surface area contributed by atoms with Gasteiger partial charge >= 0.3 is 0 Å². The Kier molecular flexibility index (Phi) is 5.53. The van der Waals surface area contributed by atoms with E-state index in [4.69, 9.17) is 11.6 Å². The van der Waals surface area contributed by atoms with Gasteiger partial charge in [0.2, 0.25) is 0 Å². The Morgan fingerprint density at radius 1 is 1.10 bits per heavy atom. The van der Waals surface area contributed by atoms with Gasteiger partial charge in [-0.15, -0.1) is 0 Å². The summed E-state index contributed by atoms with van der Waals surface area (Å²) in [6.45, 7) is 1.89. The van der Waals surface area contributed by atoms with E-state index in [1.165, 1.54) is 0 Å². The highest BCUT2D eigenvalue weighted by Gasteiger charge is 2.55. The Bertz CT molecular complexity index is 1120. The topological polar surface area (TPSA) is 57.6 Å². The van der Waals surface area contributed by atoms with Gasteiger partial charge in [0, 0.05) is 20.6 Å². The van der Waals surface area contributed by atoms with Crippen LogP contribution in [0.4, 0.5) is 5.69 Å². The van der Waals surface area contributed by atoms with Gasteiger partial charge in [0.25, 0.3) is 5.91 Å². The minimum absolute atomic E-state index is 0.304. The van der Waals surface area contributed by atoms with Crippen molar-refractivity contribution in [2.24, 2.45) is 5.92 Å². The molecule has 152 valence electrons. The highest BCUT2D eigenvalue weighted by Crippen LogP contribution is 2.47. The van der Waals surface area contributed by atoms with Crippen LogP contribution in [0, 0.1) is 5.92 Å². The summed E-state index contributed by atoms with van der Waals surface area (Å²) in [4.78, 5) is 28.2. The molecule has 1 aliphatic heterocycles. The fourth-order valence-corrected chi connectivity index (χ4v) is 4.36. The molecule has 1 N–H and O–H groups in total. The highest BCUT2D eigenvalue weighted by atomic mass is 79.9. The van der Waals surface area contributed by atoms with E-state index in [0.29, 0.717) is 28.4 Å². The summed E-state index contributed by atoms with van der Waals surface area (Å²) in [7, 11) is 0. The van der Waals surface area contributed by atoms with Gasteiger partial charge in [-0.2, -0.15) is 0 Å². The Labute approximate surface area is 188 Å². The number of fused-ring (bicyclic) bond motifs is 1. The zero-order chi connectivity index (χ0) is 21.5. The normalized spacial score (nSPS) is 18.9. The van der Waals surface area contributed by atoms with Gasteiger partial charge in [-0.05, 0) is 48.0 Å². The van der Waals surface area contributed by atoms with Crippen molar-refractivity contribution in [2.75, 3.05) is 4.90 Å². The Morgan fingerprint density at radius 3 is 2.43 bits per heavy atom. The average molecular weight is 485 g/mol. The van der Waals surface area contributed by atoms with Crippen molar-refractivity contribution in [2.45, 2.75) is 19.1 Å². The lowest BCUT2D eigenvalue weighted by Crippen LogP contribution is -2.47. The fourth-order valence-electron chi connectivity index (χ4n) is 3.87. The summed E-state index contributed by atoms with van der Waals surface area (Å²) < 4.78 is 0.722. The number of benzene rings is 3. The molecular formula is C24H19BrClNO3. The van der Waals surface area contributed by atoms with Crippen LogP contribution in [0.1, 0.15) is 28.4 Å². The van der Waals surface area contributed by atoms with Crippen LogP contribution in [0.15, 0.2) is 77.3 Å². The smallest absolute Gasteiger partial charge is 0.264 e. The summed E-state index contributed by atoms with van der Waals surface area (Å²) in [6, 6.07) is 21.3. The third-order valence-corrected chi connectivity index (χ3v) is 6.31. The number of anilines is 1. The predicted octanol–water partition coefficient (Wildman–Crippen LogP) is 5.36. The van der Waals surface area contributed by atoms with E-state index < -0.39 is 17.4 Å². The summed E-state index contributed by atoms with van der Waals surface area (Å²) in [5, 5.41) is 12.2. The molecule has 0 fully saturated rings. The van der Waals surface area contributed by atoms with Crippen molar-refractivity contribution in [1.29, 1.82) is 0 Å². The standard InChI is InChI=1S/C24H19BrClNO3/c1-15(22(28)17-7-10-19(26)11-8-17)24(30)20-13-18(25)9-12-21(20)27(23(24)29)14-16-5-3-2-4-6-16/h2-13,15,30H,14H2,1H3/t15-,24+/m0/s1. The van der Waals surface area contributed by atoms with Crippen LogP contribution in [0.3, 0.4) is 0 Å². The van der Waals surface area contributed by atoms with Crippen LogP contribution in [-0.2, 0) is 16.9 Å². The molecule has 2 atom stereocenters. The second-order valence-electron chi connectivity index (χ2n) is 7.40. The van der Waals surface area contributed by atoms with Crippen LogP contribution in [0.25, 0.3) is 0 Å². The number of ketones is 1. The molecule has 3 aromatic rings. The summed E-state index contributed by atoms with van der Waals surface area (Å²) >= 11 is 9.35. The number of Topliss-reactive ketones (excluding diaryl/α,β-unsaturated/α-hetero) is 1. The molecule has 0 spiro atoms. The van der Waals surface area contributed by atoms with E-state index in [-0.39, 0.29) is 5.78 Å². The first kappa shape index (κ1) is 20.8. The van der Waals surface area contributed by atoms with Crippen molar-refractivity contribution in [3.8, 4) is 0 Å². The average Bonchev–Trinajstić information content (AvgIpc) is 2.96. The fraction of sp³-hybridized carbons (Fsp3) is 0.167. The summed E-state index contributed by atoms with van der Waals surface area (Å²) in [5.41, 5.74) is 0.384. The molecule has 1 heterocycles. The molecule has 6 heteroatoms. The van der Waals surface area contributed by atoms with Crippen LogP contribution in [0.2, 0.25) is 5.02 Å². The third-order valence-electron chi connectivity index (χ3n) is 5.56. The molecule has 3 aromatic carbocycles. The monoisotopic (exact) mass is 483 g/mol. The lowest BCUT2D eigenvalue weighted by Gasteiger charge is -2.28. The SMILES string of the molecule is C[C@@H](C(=O)c1ccc(Cl)cc1)[C@]1(O)C(=O)N(Cc2ccccc2)c2ccc(Br)cc21. The molecule has 1 aliphatic rings. The number of halogens is 2. The molecule has 1 amide bonds. The lowest BCUT2D eigenvalue weighted by molar-refractivity contribution is -0.139. The maximum absolute atomic E-state index is 13.5. The number of carbonyl (C=O) groups is 2. The second-order valence-corrected chi connectivity index (χ2v) is 8.75. The Morgan fingerprint density at radius 2 is 1.77 bits per heavy atom. The van der Waals surface area contributed by atoms with Crippen molar-refractivity contribution in [3.63, 3.8) is 0 Å². The molecule has 0 saturated carbocycles. The largest absolute Gasteiger partial charge is 0.375 e. The molecule has 0 bridgehead atoms. The molecule has 4 rings (SSSR count). The zero-order valence-corrected chi connectivity index (χ0v) is 18.5. The van der Waals surface area contributed by atoms with Crippen LogP contribution in [0.5, 0.6) is 0 Å². The third kappa shape index (κ3) is 3.47. The van der Waals surface area contributed by atoms with Gasteiger partial charge < -0.3 is 10.0 Å². The van der Waals surface area contributed by atoms with Crippen molar-refractivity contribution in [1.82, 2.24) is 0 Å². The minimum atomic E-state index is -1.97. The first-order chi connectivity index (χ1) is 14.3. The Hall–Kier alpha value is -2.47. The van der Waals surface area contributed by atoms with Crippen molar-refractivity contribution >= 4 is 44.9 Å². The summed E-state index contributed by atoms with van der Waals surface area (Å²) in [5.74, 6) is -1.82. The maximum Gasteiger partial charge on any atom is 0.264 e. The van der Waals surface area contributed by atoms with Gasteiger partial charge in [0.1, 0.15) is 0 Å². The van der Waals surface area contributed by atoms with Crippen LogP contribution in [-0.4, -0.2) is 16.8 Å². The van der Waals surface area contributed by atoms with Gasteiger partial charge in [0.05, 0.1) is 18.2 Å². The van der Waals surface area contributed by atoms with Gasteiger partial charge in [-0.1, -0.05) is 64.8 Å². The molecule has 0 saturated heterocycles. The minimum Gasteiger partial charge on any atom is -0.375 e. The van der Waals surface area contributed by atoms with E-state index >= 15 is 0 Å². The van der Waals surface area contributed by atoms with E-state index in [9.17, 15) is 14.7 Å². The van der Waals surface area contributed by atoms with Gasteiger partial charge in [0.15, 0.2) is 11.4 Å². The van der Waals surface area contributed by atoms with Crippen molar-refractivity contribution in [3.05, 3.63) is 99.0 Å². The lowest BCUT2D eigenvalue weighted by atomic mass is 9.79. The van der Waals surface area contributed by atoms with Gasteiger partial charge in [-0.25, -0.2) is 0 Å². The molecule has 0 radical (unpaired) electrons. The number of hydrogen-bond acceptors (Lipinski definition) is 3. The molecule has 0 unspecified atom stereocenters. The number of carbonyl (C=O) groups excluding carboxylic acids is 2. The number of rotatable bonds is 5. The molecule has 0 aromatic heterocycles. The van der Waals surface area contributed by atoms with E-state index in [1.807, 2.05) is 36.4 Å².